The highest BCUT2D eigenvalue weighted by Gasteiger charge is 2.03. The van der Waals surface area contributed by atoms with Gasteiger partial charge in [0.2, 0.25) is 0 Å². The van der Waals surface area contributed by atoms with Gasteiger partial charge in [0.25, 0.3) is 0 Å². The van der Waals surface area contributed by atoms with Crippen LogP contribution >= 0.6 is 0 Å². The largest absolute Gasteiger partial charge is 0.426 e. The van der Waals surface area contributed by atoms with Crippen LogP contribution in [0.15, 0.2) is 24.3 Å². The highest BCUT2D eigenvalue weighted by Crippen LogP contribution is 2.19. The third-order valence-electron chi connectivity index (χ3n) is 1.67. The minimum Gasteiger partial charge on any atom is -0.426 e. The molecule has 69 valence electrons. The maximum Gasteiger partial charge on any atom is 0.308 e. The summed E-state index contributed by atoms with van der Waals surface area (Å²) in [7, 11) is 0. The van der Waals surface area contributed by atoms with Gasteiger partial charge in [-0.2, -0.15) is 0 Å². The van der Waals surface area contributed by atoms with Crippen molar-refractivity contribution in [2.24, 2.45) is 0 Å². The van der Waals surface area contributed by atoms with E-state index in [9.17, 15) is 4.79 Å². The van der Waals surface area contributed by atoms with Crippen molar-refractivity contribution in [3.05, 3.63) is 36.8 Å². The summed E-state index contributed by atoms with van der Waals surface area (Å²) < 4.78 is 5.03. The lowest BCUT2D eigenvalue weighted by Crippen LogP contribution is -2.03. The molecule has 0 aliphatic rings. The first-order valence-corrected chi connectivity index (χ1v) is 4.29. The van der Waals surface area contributed by atoms with E-state index in [1.807, 2.05) is 18.2 Å². The second-order valence-electron chi connectivity index (χ2n) is 2.80. The van der Waals surface area contributed by atoms with Gasteiger partial charge in [-0.15, -0.1) is 0 Å². The standard InChI is InChI=1S/C11H13O2/c1-3-6-10-7-4-5-8-11(10)13-9(2)12/h4-5,7-8H,1,3,6H2,2H3. The van der Waals surface area contributed by atoms with E-state index in [4.69, 9.17) is 4.74 Å². The first kappa shape index (κ1) is 9.78. The topological polar surface area (TPSA) is 26.3 Å². The van der Waals surface area contributed by atoms with Gasteiger partial charge in [-0.3, -0.25) is 4.79 Å². The molecule has 1 radical (unpaired) electrons. The summed E-state index contributed by atoms with van der Waals surface area (Å²) in [5.41, 5.74) is 1.03. The molecule has 1 aromatic carbocycles. The third kappa shape index (κ3) is 2.90. The van der Waals surface area contributed by atoms with Crippen molar-refractivity contribution in [1.82, 2.24) is 0 Å². The van der Waals surface area contributed by atoms with Gasteiger partial charge in [-0.05, 0) is 24.5 Å². The first-order valence-electron chi connectivity index (χ1n) is 4.29. The highest BCUT2D eigenvalue weighted by atomic mass is 16.5. The van der Waals surface area contributed by atoms with E-state index in [1.165, 1.54) is 6.92 Å². The lowest BCUT2D eigenvalue weighted by molar-refractivity contribution is -0.131. The van der Waals surface area contributed by atoms with Crippen molar-refractivity contribution in [3.8, 4) is 5.75 Å². The van der Waals surface area contributed by atoms with Crippen LogP contribution < -0.4 is 4.74 Å². The fraction of sp³-hybridized carbons (Fsp3) is 0.273. The Labute approximate surface area is 78.5 Å². The fourth-order valence-corrected chi connectivity index (χ4v) is 1.16. The number of carbonyl (C=O) groups is 1. The Balaban J connectivity index is 2.84. The molecule has 0 amide bonds. The molecule has 1 aromatic rings. The molecule has 0 heterocycles. The number of benzene rings is 1. The molecule has 1 rings (SSSR count). The Bertz CT molecular complexity index is 292. The molecule has 0 spiro atoms. The lowest BCUT2D eigenvalue weighted by atomic mass is 10.1. The van der Waals surface area contributed by atoms with E-state index in [1.54, 1.807) is 6.07 Å². The summed E-state index contributed by atoms with van der Waals surface area (Å²) >= 11 is 0. The maximum atomic E-state index is 10.7. The monoisotopic (exact) mass is 177 g/mol. The quantitative estimate of drug-likeness (QED) is 0.523. The van der Waals surface area contributed by atoms with Crippen LogP contribution in [0.25, 0.3) is 0 Å². The summed E-state index contributed by atoms with van der Waals surface area (Å²) in [6, 6.07) is 7.53. The second kappa shape index (κ2) is 4.65. The summed E-state index contributed by atoms with van der Waals surface area (Å²) in [5.74, 6) is 0.371. The molecule has 0 N–H and O–H groups in total. The van der Waals surface area contributed by atoms with E-state index >= 15 is 0 Å². The highest BCUT2D eigenvalue weighted by molar-refractivity contribution is 5.69. The van der Waals surface area contributed by atoms with E-state index in [0.29, 0.717) is 5.75 Å². The lowest BCUT2D eigenvalue weighted by Gasteiger charge is -2.06. The average molecular weight is 177 g/mol. The van der Waals surface area contributed by atoms with Crippen LogP contribution in [0.4, 0.5) is 0 Å². The molecule has 0 atom stereocenters. The molecule has 0 unspecified atom stereocenters. The normalized spacial score (nSPS) is 9.69. The SMILES string of the molecule is [CH2]CCc1ccccc1OC(C)=O. The van der Waals surface area contributed by atoms with Gasteiger partial charge in [0.15, 0.2) is 0 Å². The Morgan fingerprint density at radius 1 is 1.46 bits per heavy atom. The molecule has 2 nitrogen and oxygen atoms in total. The molecule has 0 aliphatic heterocycles. The number of rotatable bonds is 3. The van der Waals surface area contributed by atoms with Crippen LogP contribution in [0.3, 0.4) is 0 Å². The molecule has 0 saturated heterocycles. The van der Waals surface area contributed by atoms with Crippen molar-refractivity contribution in [2.75, 3.05) is 0 Å². The molecule has 0 saturated carbocycles. The van der Waals surface area contributed by atoms with Crippen LogP contribution in [-0.4, -0.2) is 5.97 Å². The van der Waals surface area contributed by atoms with E-state index < -0.39 is 0 Å². The summed E-state index contributed by atoms with van der Waals surface area (Å²) in [6.07, 6.45) is 1.64. The average Bonchev–Trinajstić information content (AvgIpc) is 2.08. The number of hydrogen-bond acceptors (Lipinski definition) is 2. The van der Waals surface area contributed by atoms with Crippen LogP contribution in [-0.2, 0) is 11.2 Å². The van der Waals surface area contributed by atoms with E-state index in [2.05, 4.69) is 6.92 Å². The van der Waals surface area contributed by atoms with Gasteiger partial charge >= 0.3 is 5.97 Å². The second-order valence-corrected chi connectivity index (χ2v) is 2.80. The van der Waals surface area contributed by atoms with Crippen molar-refractivity contribution >= 4 is 5.97 Å². The Morgan fingerprint density at radius 2 is 2.15 bits per heavy atom. The number of para-hydroxylation sites is 1. The van der Waals surface area contributed by atoms with Gasteiger partial charge < -0.3 is 4.74 Å². The molecule has 0 aliphatic carbocycles. The summed E-state index contributed by atoms with van der Waals surface area (Å²) in [6.45, 7) is 5.16. The zero-order chi connectivity index (χ0) is 9.68. The zero-order valence-electron chi connectivity index (χ0n) is 7.75. The van der Waals surface area contributed by atoms with Crippen molar-refractivity contribution in [2.45, 2.75) is 19.8 Å². The maximum absolute atomic E-state index is 10.7. The fourth-order valence-electron chi connectivity index (χ4n) is 1.16. The van der Waals surface area contributed by atoms with Gasteiger partial charge in [0, 0.05) is 6.92 Å². The van der Waals surface area contributed by atoms with Crippen molar-refractivity contribution < 1.29 is 9.53 Å². The molecular weight excluding hydrogens is 164 g/mol. The zero-order valence-corrected chi connectivity index (χ0v) is 7.75. The van der Waals surface area contributed by atoms with Gasteiger partial charge in [-0.25, -0.2) is 0 Å². The molecule has 0 fully saturated rings. The van der Waals surface area contributed by atoms with Crippen LogP contribution in [0.5, 0.6) is 5.75 Å². The molecule has 0 bridgehead atoms. The number of carbonyl (C=O) groups excluding carboxylic acids is 1. The van der Waals surface area contributed by atoms with Crippen molar-refractivity contribution in [3.63, 3.8) is 0 Å². The Morgan fingerprint density at radius 3 is 2.77 bits per heavy atom. The van der Waals surface area contributed by atoms with Crippen LogP contribution in [0.1, 0.15) is 18.9 Å². The van der Waals surface area contributed by atoms with Crippen molar-refractivity contribution in [1.29, 1.82) is 0 Å². The minimum absolute atomic E-state index is 0.281. The smallest absolute Gasteiger partial charge is 0.308 e. The third-order valence-corrected chi connectivity index (χ3v) is 1.67. The number of hydrogen-bond donors (Lipinski definition) is 0. The van der Waals surface area contributed by atoms with Crippen LogP contribution in [0, 0.1) is 6.92 Å². The number of esters is 1. The number of ether oxygens (including phenoxy) is 1. The first-order chi connectivity index (χ1) is 6.24. The number of aryl methyl sites for hydroxylation is 1. The summed E-state index contributed by atoms with van der Waals surface area (Å²) in [4.78, 5) is 10.7. The molecule has 13 heavy (non-hydrogen) atoms. The summed E-state index contributed by atoms with van der Waals surface area (Å²) in [5, 5.41) is 0. The van der Waals surface area contributed by atoms with E-state index in [0.717, 1.165) is 18.4 Å². The minimum atomic E-state index is -0.281. The Kier molecular flexibility index (Phi) is 3.50. The van der Waals surface area contributed by atoms with Crippen LogP contribution in [0.2, 0.25) is 0 Å². The predicted molar refractivity (Wildman–Crippen MR) is 51.4 cm³/mol. The Hall–Kier alpha value is -1.31. The molecule has 2 heteroatoms. The molecule has 0 aromatic heterocycles. The molecular formula is C11H13O2. The predicted octanol–water partition coefficient (Wildman–Crippen LogP) is 2.38. The van der Waals surface area contributed by atoms with Gasteiger partial charge in [-0.1, -0.05) is 25.1 Å². The van der Waals surface area contributed by atoms with Gasteiger partial charge in [0.05, 0.1) is 0 Å². The van der Waals surface area contributed by atoms with Gasteiger partial charge in [0.1, 0.15) is 5.75 Å². The van der Waals surface area contributed by atoms with E-state index in [-0.39, 0.29) is 5.97 Å².